The summed E-state index contributed by atoms with van der Waals surface area (Å²) in [6.45, 7) is 8.32. The van der Waals surface area contributed by atoms with E-state index in [2.05, 4.69) is 19.2 Å². The molecule has 7 heteroatoms. The lowest BCUT2D eigenvalue weighted by Crippen LogP contribution is -2.58. The molecule has 4 saturated carbocycles. The van der Waals surface area contributed by atoms with E-state index in [-0.39, 0.29) is 28.9 Å². The Bertz CT molecular complexity index is 901. The lowest BCUT2D eigenvalue weighted by molar-refractivity contribution is -0.165. The van der Waals surface area contributed by atoms with Gasteiger partial charge in [0.1, 0.15) is 9.88 Å². The molecule has 1 amide bonds. The highest BCUT2D eigenvalue weighted by molar-refractivity contribution is 7.18. The molecule has 0 spiro atoms. The van der Waals surface area contributed by atoms with Crippen LogP contribution in [0.25, 0.3) is 0 Å². The first kappa shape index (κ1) is 21.3. The quantitative estimate of drug-likeness (QED) is 0.664. The summed E-state index contributed by atoms with van der Waals surface area (Å²) in [5, 5.41) is 3.43. The Balaban J connectivity index is 1.67. The van der Waals surface area contributed by atoms with Crippen LogP contribution in [0.1, 0.15) is 84.9 Å². The zero-order chi connectivity index (χ0) is 21.9. The highest BCUT2D eigenvalue weighted by atomic mass is 32.1. The van der Waals surface area contributed by atoms with Crippen LogP contribution in [0.4, 0.5) is 5.00 Å². The van der Waals surface area contributed by atoms with Crippen molar-refractivity contribution in [1.29, 1.82) is 0 Å². The summed E-state index contributed by atoms with van der Waals surface area (Å²) in [6, 6.07) is 0. The molecule has 1 aromatic rings. The van der Waals surface area contributed by atoms with Crippen molar-refractivity contribution in [1.82, 2.24) is 0 Å². The number of thiophene rings is 1. The number of hydrogen-bond donors (Lipinski definition) is 1. The van der Waals surface area contributed by atoms with E-state index >= 15 is 0 Å². The fourth-order valence-electron chi connectivity index (χ4n) is 7.28. The molecule has 1 heterocycles. The maximum atomic E-state index is 13.7. The third-order valence-electron chi connectivity index (χ3n) is 7.33. The van der Waals surface area contributed by atoms with Gasteiger partial charge in [-0.3, -0.25) is 4.79 Å². The average molecular weight is 434 g/mol. The Morgan fingerprint density at radius 1 is 1.07 bits per heavy atom. The second-order valence-corrected chi connectivity index (χ2v) is 11.4. The van der Waals surface area contributed by atoms with Crippen LogP contribution in [0, 0.1) is 29.1 Å². The molecule has 6 nitrogen and oxygen atoms in total. The molecule has 0 radical (unpaired) electrons. The normalized spacial score (nSPS) is 34.0. The van der Waals surface area contributed by atoms with Gasteiger partial charge in [-0.2, -0.15) is 0 Å². The highest BCUT2D eigenvalue weighted by Crippen LogP contribution is 2.69. The highest BCUT2D eigenvalue weighted by Gasteiger charge is 2.62. The first-order valence-electron chi connectivity index (χ1n) is 10.7. The van der Waals surface area contributed by atoms with Crippen molar-refractivity contribution in [2.45, 2.75) is 66.2 Å². The SMILES string of the molecule is CCOC(=O)c1sc(NC(=O)C23CC4C[C@@](C)(C2)C[C@](C)(C4)C3)c(C(=O)OC)c1C. The molecule has 0 aliphatic heterocycles. The summed E-state index contributed by atoms with van der Waals surface area (Å²) in [7, 11) is 1.30. The monoisotopic (exact) mass is 433 g/mol. The third-order valence-corrected chi connectivity index (χ3v) is 8.52. The number of amides is 1. The molecule has 0 aromatic carbocycles. The predicted octanol–water partition coefficient (Wildman–Crippen LogP) is 4.95. The van der Waals surface area contributed by atoms with Crippen LogP contribution in [-0.2, 0) is 14.3 Å². The van der Waals surface area contributed by atoms with Crippen molar-refractivity contribution in [3.8, 4) is 0 Å². The zero-order valence-electron chi connectivity index (χ0n) is 18.5. The average Bonchev–Trinajstić information content (AvgIpc) is 2.94. The Morgan fingerprint density at radius 2 is 1.70 bits per heavy atom. The first-order chi connectivity index (χ1) is 14.0. The van der Waals surface area contributed by atoms with Crippen molar-refractivity contribution in [3.05, 3.63) is 16.0 Å². The van der Waals surface area contributed by atoms with Gasteiger partial charge in [0.2, 0.25) is 5.91 Å². The number of anilines is 1. The number of hydrogen-bond acceptors (Lipinski definition) is 6. The minimum atomic E-state index is -0.556. The summed E-state index contributed by atoms with van der Waals surface area (Å²) in [4.78, 5) is 38.8. The third kappa shape index (κ3) is 3.35. The zero-order valence-corrected chi connectivity index (χ0v) is 19.3. The van der Waals surface area contributed by atoms with E-state index in [9.17, 15) is 14.4 Å². The Morgan fingerprint density at radius 3 is 2.23 bits per heavy atom. The van der Waals surface area contributed by atoms with E-state index in [1.54, 1.807) is 13.8 Å². The maximum Gasteiger partial charge on any atom is 0.348 e. The molecule has 4 aliphatic rings. The van der Waals surface area contributed by atoms with Gasteiger partial charge in [-0.25, -0.2) is 9.59 Å². The van der Waals surface area contributed by atoms with Gasteiger partial charge < -0.3 is 14.8 Å². The molecule has 2 unspecified atom stereocenters. The largest absolute Gasteiger partial charge is 0.465 e. The number of esters is 2. The molecule has 4 atom stereocenters. The number of carbonyl (C=O) groups excluding carboxylic acids is 3. The van der Waals surface area contributed by atoms with Crippen LogP contribution >= 0.6 is 11.3 Å². The number of carbonyl (C=O) groups is 3. The molecule has 1 aromatic heterocycles. The molecule has 4 bridgehead atoms. The van der Waals surface area contributed by atoms with E-state index in [1.165, 1.54) is 26.4 Å². The van der Waals surface area contributed by atoms with Gasteiger partial charge in [-0.05, 0) is 74.7 Å². The van der Waals surface area contributed by atoms with Crippen molar-refractivity contribution in [3.63, 3.8) is 0 Å². The molecule has 1 N–H and O–H groups in total. The van der Waals surface area contributed by atoms with Crippen LogP contribution < -0.4 is 5.32 Å². The van der Waals surface area contributed by atoms with Crippen LogP contribution in [0.3, 0.4) is 0 Å². The van der Waals surface area contributed by atoms with Crippen LogP contribution in [0.5, 0.6) is 0 Å². The number of nitrogens with one attached hydrogen (secondary N) is 1. The van der Waals surface area contributed by atoms with Gasteiger partial charge in [0.15, 0.2) is 0 Å². The summed E-state index contributed by atoms with van der Waals surface area (Å²) in [6.07, 6.45) is 6.28. The Hall–Kier alpha value is -1.89. The van der Waals surface area contributed by atoms with Gasteiger partial charge in [0.05, 0.1) is 24.7 Å². The minimum Gasteiger partial charge on any atom is -0.465 e. The van der Waals surface area contributed by atoms with Gasteiger partial charge >= 0.3 is 11.9 Å². The molecule has 30 heavy (non-hydrogen) atoms. The number of rotatable bonds is 5. The van der Waals surface area contributed by atoms with Crippen molar-refractivity contribution < 1.29 is 23.9 Å². The van der Waals surface area contributed by atoms with Crippen molar-refractivity contribution in [2.75, 3.05) is 19.0 Å². The van der Waals surface area contributed by atoms with Crippen LogP contribution in [-0.4, -0.2) is 31.6 Å². The van der Waals surface area contributed by atoms with E-state index in [4.69, 9.17) is 9.47 Å². The smallest absolute Gasteiger partial charge is 0.348 e. The molecule has 4 fully saturated rings. The van der Waals surface area contributed by atoms with E-state index < -0.39 is 17.4 Å². The standard InChI is InChI=1S/C23H31NO5S/c1-6-29-19(26)16-13(2)15(18(25)28-5)17(30-16)24-20(27)23-9-14-7-21(3,11-23)10-22(4,8-14)12-23/h14H,6-12H2,1-5H3,(H,24,27)/t14?,21-,22+,23?. The minimum absolute atomic E-state index is 0.0224. The number of ether oxygens (including phenoxy) is 2. The topological polar surface area (TPSA) is 81.7 Å². The second-order valence-electron chi connectivity index (χ2n) is 10.3. The summed E-state index contributed by atoms with van der Waals surface area (Å²) in [5.41, 5.74) is 0.750. The Kier molecular flexibility index (Phi) is 5.03. The molecule has 164 valence electrons. The summed E-state index contributed by atoms with van der Waals surface area (Å²) in [5.74, 6) is -0.479. The lowest BCUT2D eigenvalue weighted by atomic mass is 9.40. The Labute approximate surface area is 181 Å². The summed E-state index contributed by atoms with van der Waals surface area (Å²) >= 11 is 1.10. The van der Waals surface area contributed by atoms with Gasteiger partial charge in [-0.1, -0.05) is 13.8 Å². The second kappa shape index (κ2) is 7.08. The predicted molar refractivity (Wildman–Crippen MR) is 115 cm³/mol. The van der Waals surface area contributed by atoms with E-state index in [0.29, 0.717) is 21.4 Å². The first-order valence-corrected chi connectivity index (χ1v) is 11.6. The van der Waals surface area contributed by atoms with Crippen LogP contribution in [0.15, 0.2) is 0 Å². The van der Waals surface area contributed by atoms with E-state index in [1.807, 2.05) is 0 Å². The van der Waals surface area contributed by atoms with Crippen molar-refractivity contribution >= 4 is 34.2 Å². The molecule has 4 aliphatic carbocycles. The van der Waals surface area contributed by atoms with Crippen molar-refractivity contribution in [2.24, 2.45) is 22.2 Å². The van der Waals surface area contributed by atoms with Gasteiger partial charge in [0, 0.05) is 0 Å². The lowest BCUT2D eigenvalue weighted by Gasteiger charge is -2.64. The maximum absolute atomic E-state index is 13.7. The van der Waals surface area contributed by atoms with Crippen LogP contribution in [0.2, 0.25) is 0 Å². The van der Waals surface area contributed by atoms with Gasteiger partial charge in [-0.15, -0.1) is 11.3 Å². The molecular formula is C23H31NO5S. The van der Waals surface area contributed by atoms with Gasteiger partial charge in [0.25, 0.3) is 0 Å². The molecular weight excluding hydrogens is 402 g/mol. The molecule has 5 rings (SSSR count). The van der Waals surface area contributed by atoms with E-state index in [0.717, 1.165) is 30.6 Å². The molecule has 0 saturated heterocycles. The number of methoxy groups -OCH3 is 1. The fourth-order valence-corrected chi connectivity index (χ4v) is 8.36. The summed E-state index contributed by atoms with van der Waals surface area (Å²) < 4.78 is 10.1. The fraction of sp³-hybridized carbons (Fsp3) is 0.696.